The molecule has 0 radical (unpaired) electrons. The molecule has 0 bridgehead atoms. The second kappa shape index (κ2) is 4.42. The third-order valence-electron chi connectivity index (χ3n) is 1.41. The summed E-state index contributed by atoms with van der Waals surface area (Å²) in [6.45, 7) is 0. The molecule has 0 aliphatic carbocycles. The number of hydrogen-bond donors (Lipinski definition) is 1. The van der Waals surface area contributed by atoms with Gasteiger partial charge < -0.3 is 14.7 Å². The number of methoxy groups -OCH3 is 1. The molecule has 0 aromatic heterocycles. The minimum absolute atomic E-state index is 0.472. The zero-order chi connectivity index (χ0) is 9.68. The van der Waals surface area contributed by atoms with Gasteiger partial charge in [-0.1, -0.05) is 0 Å². The number of carboxylic acids is 1. The van der Waals surface area contributed by atoms with E-state index in [1.807, 2.05) is 0 Å². The number of ether oxygens (including phenoxy) is 1. The van der Waals surface area contributed by atoms with Gasteiger partial charge >= 0.3 is 5.97 Å². The fourth-order valence-corrected chi connectivity index (χ4v) is 0.868. The van der Waals surface area contributed by atoms with Gasteiger partial charge in [-0.05, 0) is 6.08 Å². The average Bonchev–Trinajstić information content (AvgIpc) is 2.15. The number of carboxylic acid groups (broad SMARTS) is 1. The molecule has 5 nitrogen and oxygen atoms in total. The average molecular weight is 182 g/mol. The van der Waals surface area contributed by atoms with E-state index < -0.39 is 12.3 Å². The van der Waals surface area contributed by atoms with Crippen molar-refractivity contribution in [2.75, 3.05) is 7.11 Å². The van der Waals surface area contributed by atoms with Crippen LogP contribution in [0.3, 0.4) is 0 Å². The van der Waals surface area contributed by atoms with E-state index in [-0.39, 0.29) is 0 Å². The van der Waals surface area contributed by atoms with Gasteiger partial charge in [-0.15, -0.1) is 0 Å². The van der Waals surface area contributed by atoms with Crippen LogP contribution in [0.25, 0.3) is 0 Å². The van der Waals surface area contributed by atoms with E-state index in [2.05, 4.69) is 4.99 Å². The van der Waals surface area contributed by atoms with Gasteiger partial charge in [0, 0.05) is 31.8 Å². The van der Waals surface area contributed by atoms with Gasteiger partial charge in [0.2, 0.25) is 6.35 Å². The third-order valence-corrected chi connectivity index (χ3v) is 1.41. The lowest BCUT2D eigenvalue weighted by atomic mass is 10.5. The maximum absolute atomic E-state index is 10.2. The topological polar surface area (TPSA) is 62.1 Å². The first-order valence-corrected chi connectivity index (χ1v) is 3.65. The Balaban J connectivity index is 2.62. The van der Waals surface area contributed by atoms with Crippen LogP contribution in [0.2, 0.25) is 0 Å². The number of nitrogens with zero attached hydrogens (tertiary/aromatic N) is 2. The molecule has 1 aliphatic heterocycles. The predicted octanol–water partition coefficient (Wildman–Crippen LogP) is 0.415. The molecule has 0 aromatic rings. The van der Waals surface area contributed by atoms with E-state index in [0.717, 1.165) is 6.08 Å². The number of hydrogen-bond acceptors (Lipinski definition) is 4. The Morgan fingerprint density at radius 1 is 1.77 bits per heavy atom. The van der Waals surface area contributed by atoms with Crippen LogP contribution in [-0.4, -0.2) is 35.7 Å². The van der Waals surface area contributed by atoms with Gasteiger partial charge in [0.15, 0.2) is 0 Å². The van der Waals surface area contributed by atoms with E-state index in [1.54, 1.807) is 23.4 Å². The summed E-state index contributed by atoms with van der Waals surface area (Å²) in [4.78, 5) is 15.7. The minimum Gasteiger partial charge on any atom is -0.478 e. The normalized spacial score (nSPS) is 21.3. The lowest BCUT2D eigenvalue weighted by Crippen LogP contribution is -2.28. The Hall–Kier alpha value is -1.62. The van der Waals surface area contributed by atoms with E-state index in [4.69, 9.17) is 9.84 Å². The molecule has 0 fully saturated rings. The third kappa shape index (κ3) is 2.72. The molecule has 5 heteroatoms. The summed E-state index contributed by atoms with van der Waals surface area (Å²) in [5.41, 5.74) is 0. The highest BCUT2D eigenvalue weighted by Gasteiger charge is 2.11. The fraction of sp³-hybridized carbons (Fsp3) is 0.250. The number of aliphatic carboxylic acids is 1. The molecule has 0 aromatic carbocycles. The van der Waals surface area contributed by atoms with Gasteiger partial charge in [-0.25, -0.2) is 9.79 Å². The van der Waals surface area contributed by atoms with Crippen molar-refractivity contribution in [3.63, 3.8) is 0 Å². The van der Waals surface area contributed by atoms with Crippen molar-refractivity contribution in [1.29, 1.82) is 0 Å². The molecule has 0 spiro atoms. The molecule has 0 saturated carbocycles. The Bertz CT molecular complexity index is 271. The second-order valence-electron chi connectivity index (χ2n) is 2.30. The van der Waals surface area contributed by atoms with E-state index in [0.29, 0.717) is 0 Å². The number of allylic oxidation sites excluding steroid dienone is 1. The SMILES string of the molecule is COC1N=CC=CN1/C=C/C(=O)O. The van der Waals surface area contributed by atoms with Crippen LogP contribution in [-0.2, 0) is 9.53 Å². The van der Waals surface area contributed by atoms with Crippen LogP contribution in [0, 0.1) is 0 Å². The summed E-state index contributed by atoms with van der Waals surface area (Å²) in [7, 11) is 1.50. The predicted molar refractivity (Wildman–Crippen MR) is 47.0 cm³/mol. The number of aliphatic imine (C=N–C) groups is 1. The quantitative estimate of drug-likeness (QED) is 0.642. The van der Waals surface area contributed by atoms with Crippen LogP contribution in [0.4, 0.5) is 0 Å². The smallest absolute Gasteiger partial charge is 0.329 e. The highest BCUT2D eigenvalue weighted by atomic mass is 16.5. The largest absolute Gasteiger partial charge is 0.478 e. The van der Waals surface area contributed by atoms with Crippen molar-refractivity contribution in [3.05, 3.63) is 24.6 Å². The van der Waals surface area contributed by atoms with Gasteiger partial charge in [-0.2, -0.15) is 0 Å². The number of carbonyl (C=O) groups is 1. The maximum Gasteiger partial charge on any atom is 0.329 e. The molecule has 1 unspecified atom stereocenters. The van der Waals surface area contributed by atoms with Crippen molar-refractivity contribution >= 4 is 12.2 Å². The highest BCUT2D eigenvalue weighted by molar-refractivity contribution is 5.79. The Labute approximate surface area is 75.6 Å². The van der Waals surface area contributed by atoms with Crippen LogP contribution in [0.1, 0.15) is 0 Å². The van der Waals surface area contributed by atoms with Crippen molar-refractivity contribution in [1.82, 2.24) is 4.90 Å². The first-order valence-electron chi connectivity index (χ1n) is 3.65. The van der Waals surface area contributed by atoms with Crippen LogP contribution < -0.4 is 0 Å². The van der Waals surface area contributed by atoms with Crippen molar-refractivity contribution in [2.24, 2.45) is 4.99 Å². The molecule has 70 valence electrons. The molecule has 1 heterocycles. The van der Waals surface area contributed by atoms with Crippen LogP contribution in [0.15, 0.2) is 29.5 Å². The highest BCUT2D eigenvalue weighted by Crippen LogP contribution is 2.07. The summed E-state index contributed by atoms with van der Waals surface area (Å²) in [6, 6.07) is 0. The Kier molecular flexibility index (Phi) is 3.22. The molecule has 13 heavy (non-hydrogen) atoms. The Morgan fingerprint density at radius 2 is 2.54 bits per heavy atom. The zero-order valence-corrected chi connectivity index (χ0v) is 7.12. The maximum atomic E-state index is 10.2. The van der Waals surface area contributed by atoms with Gasteiger partial charge in [0.1, 0.15) is 0 Å². The molecule has 1 atom stereocenters. The Morgan fingerprint density at radius 3 is 3.15 bits per heavy atom. The van der Waals surface area contributed by atoms with E-state index in [1.165, 1.54) is 13.3 Å². The molecular formula is C8H10N2O3. The lowest BCUT2D eigenvalue weighted by Gasteiger charge is -2.23. The minimum atomic E-state index is -1.00. The van der Waals surface area contributed by atoms with Crippen molar-refractivity contribution in [3.8, 4) is 0 Å². The molecular weight excluding hydrogens is 172 g/mol. The number of rotatable bonds is 3. The van der Waals surface area contributed by atoms with E-state index in [9.17, 15) is 4.79 Å². The molecule has 1 aliphatic rings. The van der Waals surface area contributed by atoms with Crippen LogP contribution >= 0.6 is 0 Å². The van der Waals surface area contributed by atoms with Gasteiger partial charge in [0.05, 0.1) is 0 Å². The first kappa shape index (κ1) is 9.47. The van der Waals surface area contributed by atoms with E-state index >= 15 is 0 Å². The second-order valence-corrected chi connectivity index (χ2v) is 2.30. The standard InChI is InChI=1S/C8H10N2O3/c1-13-8-9-4-2-5-10(8)6-3-7(11)12/h2-6,8H,1H3,(H,11,12)/b6-3+. The summed E-state index contributed by atoms with van der Waals surface area (Å²) in [5, 5.41) is 8.39. The monoisotopic (exact) mass is 182 g/mol. The molecule has 1 rings (SSSR count). The molecule has 1 N–H and O–H groups in total. The fourth-order valence-electron chi connectivity index (χ4n) is 0.868. The van der Waals surface area contributed by atoms with Crippen molar-refractivity contribution < 1.29 is 14.6 Å². The summed E-state index contributed by atoms with van der Waals surface area (Å²) < 4.78 is 4.97. The zero-order valence-electron chi connectivity index (χ0n) is 7.12. The van der Waals surface area contributed by atoms with Crippen LogP contribution in [0.5, 0.6) is 0 Å². The molecule has 0 saturated heterocycles. The summed E-state index contributed by atoms with van der Waals surface area (Å²) in [6.07, 6.45) is 6.92. The lowest BCUT2D eigenvalue weighted by molar-refractivity contribution is -0.131. The van der Waals surface area contributed by atoms with Gasteiger partial charge in [0.25, 0.3) is 0 Å². The summed E-state index contributed by atoms with van der Waals surface area (Å²) in [5.74, 6) is -1.00. The first-order chi connectivity index (χ1) is 6.24. The van der Waals surface area contributed by atoms with Crippen molar-refractivity contribution in [2.45, 2.75) is 6.35 Å². The van der Waals surface area contributed by atoms with Gasteiger partial charge in [-0.3, -0.25) is 0 Å². The molecule has 0 amide bonds. The summed E-state index contributed by atoms with van der Waals surface area (Å²) >= 11 is 0.